The molecule has 2 aromatic carbocycles. The standard InChI is InChI=1S/C23H24N2O4/c26-22(15-3-4-15)24-18-8-5-16(6-9-18)23(27)25-21(14-1-2-14)17-7-10-19-20(13-17)29-12-11-28-19/h5-10,13-15,21H,1-4,11-12H2,(H,24,26)(H,25,27). The van der Waals surface area contributed by atoms with Gasteiger partial charge in [0.25, 0.3) is 5.91 Å². The van der Waals surface area contributed by atoms with E-state index < -0.39 is 0 Å². The third-order valence-corrected chi connectivity index (χ3v) is 5.67. The maximum Gasteiger partial charge on any atom is 0.251 e. The average molecular weight is 392 g/mol. The summed E-state index contributed by atoms with van der Waals surface area (Å²) in [6, 6.07) is 12.9. The normalized spacial score (nSPS) is 18.6. The van der Waals surface area contributed by atoms with Crippen LogP contribution in [0.25, 0.3) is 0 Å². The van der Waals surface area contributed by atoms with Gasteiger partial charge in [0.1, 0.15) is 13.2 Å². The summed E-state index contributed by atoms with van der Waals surface area (Å²) < 4.78 is 11.3. The lowest BCUT2D eigenvalue weighted by atomic mass is 10.0. The number of carbonyl (C=O) groups excluding carboxylic acids is 2. The quantitative estimate of drug-likeness (QED) is 0.786. The van der Waals surface area contributed by atoms with Crippen molar-refractivity contribution < 1.29 is 19.1 Å². The van der Waals surface area contributed by atoms with Gasteiger partial charge in [0.15, 0.2) is 11.5 Å². The number of ether oxygens (including phenoxy) is 2. The summed E-state index contributed by atoms with van der Waals surface area (Å²) in [6.07, 6.45) is 4.14. The van der Waals surface area contributed by atoms with Gasteiger partial charge < -0.3 is 20.1 Å². The molecule has 2 fully saturated rings. The van der Waals surface area contributed by atoms with Gasteiger partial charge in [-0.05, 0) is 73.6 Å². The first-order valence-corrected chi connectivity index (χ1v) is 10.3. The van der Waals surface area contributed by atoms with Gasteiger partial charge in [-0.25, -0.2) is 0 Å². The molecule has 1 unspecified atom stereocenters. The zero-order chi connectivity index (χ0) is 19.8. The van der Waals surface area contributed by atoms with E-state index in [1.54, 1.807) is 24.3 Å². The zero-order valence-electron chi connectivity index (χ0n) is 16.1. The van der Waals surface area contributed by atoms with Gasteiger partial charge in [-0.2, -0.15) is 0 Å². The Morgan fingerprint density at radius 1 is 0.897 bits per heavy atom. The first kappa shape index (κ1) is 18.0. The van der Waals surface area contributed by atoms with Crippen LogP contribution in [0, 0.1) is 11.8 Å². The van der Waals surface area contributed by atoms with Crippen LogP contribution in [0.3, 0.4) is 0 Å². The van der Waals surface area contributed by atoms with E-state index in [1.807, 2.05) is 18.2 Å². The molecule has 6 heteroatoms. The summed E-state index contributed by atoms with van der Waals surface area (Å²) in [4.78, 5) is 24.7. The minimum atomic E-state index is -0.114. The van der Waals surface area contributed by atoms with E-state index in [0.29, 0.717) is 24.7 Å². The summed E-state index contributed by atoms with van der Waals surface area (Å²) in [6.45, 7) is 1.10. The zero-order valence-corrected chi connectivity index (χ0v) is 16.1. The Kier molecular flexibility index (Phi) is 4.62. The molecule has 1 atom stereocenters. The molecule has 150 valence electrons. The van der Waals surface area contributed by atoms with Crippen LogP contribution in [-0.4, -0.2) is 25.0 Å². The topological polar surface area (TPSA) is 76.7 Å². The highest BCUT2D eigenvalue weighted by atomic mass is 16.6. The second kappa shape index (κ2) is 7.43. The fraction of sp³-hybridized carbons (Fsp3) is 0.391. The van der Waals surface area contributed by atoms with Gasteiger partial charge in [0.05, 0.1) is 6.04 Å². The minimum Gasteiger partial charge on any atom is -0.486 e. The summed E-state index contributed by atoms with van der Waals surface area (Å²) >= 11 is 0. The number of amides is 2. The van der Waals surface area contributed by atoms with Crippen LogP contribution < -0.4 is 20.1 Å². The molecular formula is C23H24N2O4. The second-order valence-electron chi connectivity index (χ2n) is 8.03. The molecule has 0 spiro atoms. The smallest absolute Gasteiger partial charge is 0.251 e. The fourth-order valence-corrected chi connectivity index (χ4v) is 3.68. The Morgan fingerprint density at radius 3 is 2.31 bits per heavy atom. The molecule has 2 amide bonds. The molecule has 6 nitrogen and oxygen atoms in total. The number of rotatable bonds is 6. The van der Waals surface area contributed by atoms with Gasteiger partial charge in [0, 0.05) is 17.2 Å². The average Bonchev–Trinajstić information content (AvgIpc) is 3.65. The van der Waals surface area contributed by atoms with Crippen molar-refractivity contribution in [3.63, 3.8) is 0 Å². The number of carbonyl (C=O) groups is 2. The van der Waals surface area contributed by atoms with Crippen molar-refractivity contribution >= 4 is 17.5 Å². The molecule has 0 saturated heterocycles. The van der Waals surface area contributed by atoms with Crippen molar-refractivity contribution in [1.29, 1.82) is 0 Å². The molecular weight excluding hydrogens is 368 g/mol. The monoisotopic (exact) mass is 392 g/mol. The van der Waals surface area contributed by atoms with E-state index in [-0.39, 0.29) is 23.8 Å². The van der Waals surface area contributed by atoms with Crippen molar-refractivity contribution in [3.05, 3.63) is 53.6 Å². The van der Waals surface area contributed by atoms with Gasteiger partial charge in [-0.1, -0.05) is 6.07 Å². The third-order valence-electron chi connectivity index (χ3n) is 5.67. The van der Waals surface area contributed by atoms with Gasteiger partial charge in [-0.3, -0.25) is 9.59 Å². The van der Waals surface area contributed by atoms with Crippen LogP contribution >= 0.6 is 0 Å². The maximum atomic E-state index is 12.8. The number of anilines is 1. The van der Waals surface area contributed by atoms with Crippen molar-refractivity contribution in [3.8, 4) is 11.5 Å². The van der Waals surface area contributed by atoms with Gasteiger partial charge in [0.2, 0.25) is 5.91 Å². The lowest BCUT2D eigenvalue weighted by molar-refractivity contribution is -0.117. The van der Waals surface area contributed by atoms with E-state index in [2.05, 4.69) is 10.6 Å². The lowest BCUT2D eigenvalue weighted by Crippen LogP contribution is -2.30. The Hall–Kier alpha value is -3.02. The van der Waals surface area contributed by atoms with Gasteiger partial charge in [-0.15, -0.1) is 0 Å². The van der Waals surface area contributed by atoms with Crippen LogP contribution in [0.5, 0.6) is 11.5 Å². The molecule has 5 rings (SSSR count). The fourth-order valence-electron chi connectivity index (χ4n) is 3.68. The minimum absolute atomic E-state index is 0.0485. The molecule has 1 heterocycles. The summed E-state index contributed by atoms with van der Waals surface area (Å²) in [5.74, 6) is 2.04. The van der Waals surface area contributed by atoms with Gasteiger partial charge >= 0.3 is 0 Å². The molecule has 0 radical (unpaired) electrons. The van der Waals surface area contributed by atoms with Crippen LogP contribution in [0.4, 0.5) is 5.69 Å². The Labute approximate surface area is 169 Å². The third kappa shape index (κ3) is 4.06. The number of nitrogens with one attached hydrogen (secondary N) is 2. The number of fused-ring (bicyclic) bond motifs is 1. The molecule has 3 aliphatic rings. The van der Waals surface area contributed by atoms with E-state index in [4.69, 9.17) is 9.47 Å². The largest absolute Gasteiger partial charge is 0.486 e. The predicted octanol–water partition coefficient (Wildman–Crippen LogP) is 3.69. The van der Waals surface area contributed by atoms with E-state index in [9.17, 15) is 9.59 Å². The first-order valence-electron chi connectivity index (χ1n) is 10.3. The SMILES string of the molecule is O=C(NC(c1ccc2c(c1)OCCO2)C1CC1)c1ccc(NC(=O)C2CC2)cc1. The Balaban J connectivity index is 1.28. The van der Waals surface area contributed by atoms with E-state index in [1.165, 1.54) is 0 Å². The molecule has 2 aromatic rings. The highest BCUT2D eigenvalue weighted by Gasteiger charge is 2.34. The van der Waals surface area contributed by atoms with Crippen molar-refractivity contribution in [2.45, 2.75) is 31.7 Å². The van der Waals surface area contributed by atoms with E-state index >= 15 is 0 Å². The highest BCUT2D eigenvalue weighted by molar-refractivity contribution is 5.97. The first-order chi connectivity index (χ1) is 14.2. The van der Waals surface area contributed by atoms with Crippen molar-refractivity contribution in [2.24, 2.45) is 11.8 Å². The van der Waals surface area contributed by atoms with Crippen molar-refractivity contribution in [1.82, 2.24) is 5.32 Å². The van der Waals surface area contributed by atoms with Crippen molar-refractivity contribution in [2.75, 3.05) is 18.5 Å². The molecule has 0 aromatic heterocycles. The second-order valence-corrected chi connectivity index (χ2v) is 8.03. The lowest BCUT2D eigenvalue weighted by Gasteiger charge is -2.23. The molecule has 2 aliphatic carbocycles. The Bertz CT molecular complexity index is 932. The molecule has 1 aliphatic heterocycles. The molecule has 0 bridgehead atoms. The van der Waals surface area contributed by atoms with Crippen LogP contribution in [-0.2, 0) is 4.79 Å². The summed E-state index contributed by atoms with van der Waals surface area (Å²) in [7, 11) is 0. The van der Waals surface area contributed by atoms with E-state index in [0.717, 1.165) is 48.4 Å². The number of hydrogen-bond donors (Lipinski definition) is 2. The van der Waals surface area contributed by atoms with Crippen LogP contribution in [0.2, 0.25) is 0 Å². The van der Waals surface area contributed by atoms with Crippen LogP contribution in [0.15, 0.2) is 42.5 Å². The number of benzene rings is 2. The molecule has 29 heavy (non-hydrogen) atoms. The predicted molar refractivity (Wildman–Crippen MR) is 108 cm³/mol. The maximum absolute atomic E-state index is 12.8. The Morgan fingerprint density at radius 2 is 1.62 bits per heavy atom. The summed E-state index contributed by atoms with van der Waals surface area (Å²) in [5.41, 5.74) is 2.35. The highest BCUT2D eigenvalue weighted by Crippen LogP contribution is 2.43. The number of hydrogen-bond acceptors (Lipinski definition) is 4. The van der Waals surface area contributed by atoms with Crippen LogP contribution in [0.1, 0.15) is 47.6 Å². The molecule has 2 N–H and O–H groups in total. The molecule has 2 saturated carbocycles. The summed E-state index contributed by atoms with van der Waals surface area (Å²) in [5, 5.41) is 6.08.